The van der Waals surface area contributed by atoms with Crippen LogP contribution in [-0.2, 0) is 6.54 Å². The number of fused-ring (bicyclic) bond motifs is 1. The smallest absolute Gasteiger partial charge is 0.387 e. The fraction of sp³-hybridized carbons (Fsp3) is 0.125. The number of para-hydroxylation sites is 2. The standard InChI is InChI=1S/C16H14F2N2O/c17-16(18)21-15-4-2-1-3-14(15)20-10-11-5-6-13-12(9-11)7-8-19-13/h1-9,16,19-20H,10H2. The molecule has 0 atom stereocenters. The molecule has 3 nitrogen and oxygen atoms in total. The van der Waals surface area contributed by atoms with Gasteiger partial charge in [0.25, 0.3) is 0 Å². The fourth-order valence-corrected chi connectivity index (χ4v) is 2.22. The molecule has 0 spiro atoms. The maximum absolute atomic E-state index is 12.3. The highest BCUT2D eigenvalue weighted by Gasteiger charge is 2.08. The predicted molar refractivity (Wildman–Crippen MR) is 78.7 cm³/mol. The minimum atomic E-state index is -2.83. The van der Waals surface area contributed by atoms with Crippen LogP contribution in [0.4, 0.5) is 14.5 Å². The van der Waals surface area contributed by atoms with E-state index in [1.54, 1.807) is 18.2 Å². The molecule has 0 saturated carbocycles. The van der Waals surface area contributed by atoms with Crippen LogP contribution in [0.5, 0.6) is 5.75 Å². The monoisotopic (exact) mass is 288 g/mol. The summed E-state index contributed by atoms with van der Waals surface area (Å²) in [7, 11) is 0. The molecule has 0 radical (unpaired) electrons. The molecule has 0 unspecified atom stereocenters. The number of hydrogen-bond acceptors (Lipinski definition) is 2. The van der Waals surface area contributed by atoms with E-state index in [1.807, 2.05) is 24.4 Å². The second-order valence-corrected chi connectivity index (χ2v) is 4.63. The van der Waals surface area contributed by atoms with Crippen molar-refractivity contribution in [2.75, 3.05) is 5.32 Å². The third-order valence-corrected chi connectivity index (χ3v) is 3.20. The van der Waals surface area contributed by atoms with E-state index in [9.17, 15) is 8.78 Å². The number of ether oxygens (including phenoxy) is 1. The maximum atomic E-state index is 12.3. The number of hydrogen-bond donors (Lipinski definition) is 2. The lowest BCUT2D eigenvalue weighted by Crippen LogP contribution is -2.06. The minimum absolute atomic E-state index is 0.148. The van der Waals surface area contributed by atoms with Gasteiger partial charge in [-0.15, -0.1) is 0 Å². The molecule has 0 fully saturated rings. The van der Waals surface area contributed by atoms with Gasteiger partial charge in [0.05, 0.1) is 5.69 Å². The fourth-order valence-electron chi connectivity index (χ4n) is 2.22. The van der Waals surface area contributed by atoms with Gasteiger partial charge in [-0.2, -0.15) is 8.78 Å². The molecular formula is C16H14F2N2O. The van der Waals surface area contributed by atoms with Crippen molar-refractivity contribution in [2.24, 2.45) is 0 Å². The Hall–Kier alpha value is -2.56. The molecule has 0 aliphatic heterocycles. The van der Waals surface area contributed by atoms with E-state index in [0.717, 1.165) is 16.5 Å². The Bertz CT molecular complexity index is 740. The Morgan fingerprint density at radius 1 is 1.10 bits per heavy atom. The van der Waals surface area contributed by atoms with Crippen LogP contribution in [0.1, 0.15) is 5.56 Å². The summed E-state index contributed by atoms with van der Waals surface area (Å²) in [6.45, 7) is -2.30. The molecule has 5 heteroatoms. The molecule has 0 saturated heterocycles. The largest absolute Gasteiger partial charge is 0.433 e. The van der Waals surface area contributed by atoms with Crippen molar-refractivity contribution in [2.45, 2.75) is 13.2 Å². The summed E-state index contributed by atoms with van der Waals surface area (Å²) in [5.74, 6) is 0.148. The van der Waals surface area contributed by atoms with Gasteiger partial charge >= 0.3 is 6.61 Å². The van der Waals surface area contributed by atoms with Crippen LogP contribution in [0.25, 0.3) is 10.9 Å². The lowest BCUT2D eigenvalue weighted by atomic mass is 10.1. The zero-order chi connectivity index (χ0) is 14.7. The van der Waals surface area contributed by atoms with Gasteiger partial charge in [0.2, 0.25) is 0 Å². The Kier molecular flexibility index (Phi) is 3.73. The number of anilines is 1. The van der Waals surface area contributed by atoms with Crippen LogP contribution in [0.3, 0.4) is 0 Å². The lowest BCUT2D eigenvalue weighted by molar-refractivity contribution is -0.0493. The molecule has 108 valence electrons. The number of nitrogens with one attached hydrogen (secondary N) is 2. The Labute approximate surface area is 120 Å². The third-order valence-electron chi connectivity index (χ3n) is 3.20. The molecular weight excluding hydrogens is 274 g/mol. The van der Waals surface area contributed by atoms with Crippen molar-refractivity contribution in [3.05, 3.63) is 60.3 Å². The van der Waals surface area contributed by atoms with E-state index in [0.29, 0.717) is 12.2 Å². The van der Waals surface area contributed by atoms with Gasteiger partial charge in [-0.25, -0.2) is 0 Å². The Morgan fingerprint density at radius 3 is 2.81 bits per heavy atom. The van der Waals surface area contributed by atoms with E-state index >= 15 is 0 Å². The summed E-state index contributed by atoms with van der Waals surface area (Å²) in [6, 6.07) is 14.7. The molecule has 21 heavy (non-hydrogen) atoms. The summed E-state index contributed by atoms with van der Waals surface area (Å²) in [5, 5.41) is 4.24. The quantitative estimate of drug-likeness (QED) is 0.731. The lowest BCUT2D eigenvalue weighted by Gasteiger charge is -2.12. The number of benzene rings is 2. The molecule has 1 heterocycles. The number of rotatable bonds is 5. The normalized spacial score (nSPS) is 11.0. The van der Waals surface area contributed by atoms with Crippen LogP contribution in [0, 0.1) is 0 Å². The predicted octanol–water partition coefficient (Wildman–Crippen LogP) is 4.38. The molecule has 1 aromatic heterocycles. The zero-order valence-electron chi connectivity index (χ0n) is 11.1. The van der Waals surface area contributed by atoms with Gasteiger partial charge in [-0.05, 0) is 41.3 Å². The molecule has 0 aliphatic carbocycles. The molecule has 3 rings (SSSR count). The summed E-state index contributed by atoms with van der Waals surface area (Å²) in [4.78, 5) is 3.13. The van der Waals surface area contributed by atoms with Gasteiger partial charge in [0.15, 0.2) is 0 Å². The summed E-state index contributed by atoms with van der Waals surface area (Å²) in [6.07, 6.45) is 1.88. The van der Waals surface area contributed by atoms with Crippen molar-refractivity contribution < 1.29 is 13.5 Å². The third kappa shape index (κ3) is 3.13. The summed E-state index contributed by atoms with van der Waals surface area (Å²) in [5.41, 5.74) is 2.68. The number of H-pyrrole nitrogens is 1. The van der Waals surface area contributed by atoms with Gasteiger partial charge in [-0.3, -0.25) is 0 Å². The molecule has 2 N–H and O–H groups in total. The Balaban J connectivity index is 1.74. The van der Waals surface area contributed by atoms with Crippen LogP contribution in [0.2, 0.25) is 0 Å². The summed E-state index contributed by atoms with van der Waals surface area (Å²) < 4.78 is 29.2. The highest BCUT2D eigenvalue weighted by molar-refractivity contribution is 5.80. The van der Waals surface area contributed by atoms with E-state index in [-0.39, 0.29) is 5.75 Å². The first kappa shape index (κ1) is 13.4. The van der Waals surface area contributed by atoms with Crippen molar-refractivity contribution in [3.8, 4) is 5.75 Å². The number of aromatic nitrogens is 1. The van der Waals surface area contributed by atoms with Crippen LogP contribution >= 0.6 is 0 Å². The van der Waals surface area contributed by atoms with E-state index in [2.05, 4.69) is 21.1 Å². The van der Waals surface area contributed by atoms with Crippen LogP contribution in [0.15, 0.2) is 54.7 Å². The summed E-state index contributed by atoms with van der Waals surface area (Å²) >= 11 is 0. The second kappa shape index (κ2) is 5.83. The second-order valence-electron chi connectivity index (χ2n) is 4.63. The highest BCUT2D eigenvalue weighted by atomic mass is 19.3. The first-order chi connectivity index (χ1) is 10.2. The molecule has 0 aliphatic rings. The number of aromatic amines is 1. The molecule has 0 amide bonds. The van der Waals surface area contributed by atoms with Crippen LogP contribution < -0.4 is 10.1 Å². The van der Waals surface area contributed by atoms with E-state index in [4.69, 9.17) is 0 Å². The van der Waals surface area contributed by atoms with Gasteiger partial charge in [0, 0.05) is 18.3 Å². The first-order valence-corrected chi connectivity index (χ1v) is 6.56. The van der Waals surface area contributed by atoms with Crippen molar-refractivity contribution in [1.82, 2.24) is 4.98 Å². The van der Waals surface area contributed by atoms with E-state index in [1.165, 1.54) is 6.07 Å². The molecule has 2 aromatic carbocycles. The van der Waals surface area contributed by atoms with Crippen molar-refractivity contribution in [1.29, 1.82) is 0 Å². The maximum Gasteiger partial charge on any atom is 0.387 e. The number of alkyl halides is 2. The van der Waals surface area contributed by atoms with E-state index < -0.39 is 6.61 Å². The Morgan fingerprint density at radius 2 is 1.95 bits per heavy atom. The SMILES string of the molecule is FC(F)Oc1ccccc1NCc1ccc2[nH]ccc2c1. The van der Waals surface area contributed by atoms with Crippen LogP contribution in [-0.4, -0.2) is 11.6 Å². The topological polar surface area (TPSA) is 37.0 Å². The molecule has 3 aromatic rings. The average Bonchev–Trinajstić information content (AvgIpc) is 2.93. The van der Waals surface area contributed by atoms with Crippen molar-refractivity contribution >= 4 is 16.6 Å². The highest BCUT2D eigenvalue weighted by Crippen LogP contribution is 2.26. The van der Waals surface area contributed by atoms with Gasteiger partial charge in [0.1, 0.15) is 5.75 Å². The van der Waals surface area contributed by atoms with Crippen molar-refractivity contribution in [3.63, 3.8) is 0 Å². The molecule has 0 bridgehead atoms. The first-order valence-electron chi connectivity index (χ1n) is 6.56. The zero-order valence-corrected chi connectivity index (χ0v) is 11.1. The minimum Gasteiger partial charge on any atom is -0.433 e. The van der Waals surface area contributed by atoms with Gasteiger partial charge < -0.3 is 15.0 Å². The average molecular weight is 288 g/mol. The van der Waals surface area contributed by atoms with Gasteiger partial charge in [-0.1, -0.05) is 18.2 Å². The number of halogens is 2.